The number of aliphatic hydroxyl groups is 1. The number of hydrogen-bond acceptors (Lipinski definition) is 5. The molecule has 1 fully saturated rings. The fourth-order valence-electron chi connectivity index (χ4n) is 2.03. The van der Waals surface area contributed by atoms with Crippen molar-refractivity contribution in [1.29, 1.82) is 0 Å². The van der Waals surface area contributed by atoms with E-state index in [9.17, 15) is 9.90 Å². The van der Waals surface area contributed by atoms with Gasteiger partial charge in [-0.3, -0.25) is 4.79 Å². The number of anilines is 2. The molecule has 2 rings (SSSR count). The molecule has 0 aliphatic carbocycles. The standard InChI is InChI=1S/C10H16N4O2/c1-6(15)7-2-3-14(4-7)9-8(11)10(16)13-5-12-9/h5-7,15H,2-4,11H2,1H3,(H,12,13,16). The van der Waals surface area contributed by atoms with Crippen molar-refractivity contribution in [3.63, 3.8) is 0 Å². The number of hydrogen-bond donors (Lipinski definition) is 3. The summed E-state index contributed by atoms with van der Waals surface area (Å²) in [6.45, 7) is 3.25. The Morgan fingerprint density at radius 1 is 1.75 bits per heavy atom. The lowest BCUT2D eigenvalue weighted by atomic mass is 10.0. The van der Waals surface area contributed by atoms with Gasteiger partial charge in [0, 0.05) is 19.0 Å². The van der Waals surface area contributed by atoms with Crippen LogP contribution < -0.4 is 16.2 Å². The summed E-state index contributed by atoms with van der Waals surface area (Å²) in [7, 11) is 0. The summed E-state index contributed by atoms with van der Waals surface area (Å²) >= 11 is 0. The number of rotatable bonds is 2. The molecule has 88 valence electrons. The van der Waals surface area contributed by atoms with Gasteiger partial charge in [-0.05, 0) is 13.3 Å². The molecule has 0 spiro atoms. The van der Waals surface area contributed by atoms with Crippen LogP contribution in [0.5, 0.6) is 0 Å². The van der Waals surface area contributed by atoms with Crippen molar-refractivity contribution in [1.82, 2.24) is 9.97 Å². The zero-order valence-corrected chi connectivity index (χ0v) is 9.18. The average Bonchev–Trinajstić information content (AvgIpc) is 2.71. The van der Waals surface area contributed by atoms with Crippen LogP contribution in [-0.2, 0) is 0 Å². The summed E-state index contributed by atoms with van der Waals surface area (Å²) in [6.07, 6.45) is 1.91. The van der Waals surface area contributed by atoms with Gasteiger partial charge < -0.3 is 20.7 Å². The van der Waals surface area contributed by atoms with Crippen molar-refractivity contribution < 1.29 is 5.11 Å². The van der Waals surface area contributed by atoms with Gasteiger partial charge in [-0.25, -0.2) is 4.98 Å². The number of nitrogens with two attached hydrogens (primary N) is 1. The van der Waals surface area contributed by atoms with E-state index in [1.165, 1.54) is 6.33 Å². The van der Waals surface area contributed by atoms with E-state index in [1.54, 1.807) is 6.92 Å². The molecular weight excluding hydrogens is 208 g/mol. The van der Waals surface area contributed by atoms with Gasteiger partial charge >= 0.3 is 0 Å². The minimum absolute atomic E-state index is 0.147. The van der Waals surface area contributed by atoms with E-state index in [2.05, 4.69) is 9.97 Å². The van der Waals surface area contributed by atoms with Crippen LogP contribution in [0.25, 0.3) is 0 Å². The summed E-state index contributed by atoms with van der Waals surface area (Å²) in [5.41, 5.74) is 5.51. The van der Waals surface area contributed by atoms with Crippen molar-refractivity contribution in [3.05, 3.63) is 16.7 Å². The second kappa shape index (κ2) is 4.13. The van der Waals surface area contributed by atoms with Crippen molar-refractivity contribution in [2.75, 3.05) is 23.7 Å². The minimum Gasteiger partial charge on any atom is -0.393 e. The molecule has 16 heavy (non-hydrogen) atoms. The Labute approximate surface area is 93.1 Å². The Hall–Kier alpha value is -1.56. The molecule has 0 radical (unpaired) electrons. The van der Waals surface area contributed by atoms with Crippen LogP contribution in [0, 0.1) is 5.92 Å². The lowest BCUT2D eigenvalue weighted by Crippen LogP contribution is -2.27. The first-order valence-corrected chi connectivity index (χ1v) is 5.35. The molecule has 0 amide bonds. The van der Waals surface area contributed by atoms with E-state index >= 15 is 0 Å². The van der Waals surface area contributed by atoms with Crippen LogP contribution in [0.4, 0.5) is 11.5 Å². The molecule has 0 aromatic carbocycles. The highest BCUT2D eigenvalue weighted by Crippen LogP contribution is 2.25. The number of H-pyrrole nitrogens is 1. The number of nitrogens with zero attached hydrogens (tertiary/aromatic N) is 2. The molecule has 0 bridgehead atoms. The van der Waals surface area contributed by atoms with E-state index in [0.717, 1.165) is 13.0 Å². The van der Waals surface area contributed by atoms with Gasteiger partial charge in [0.15, 0.2) is 5.82 Å². The third-order valence-corrected chi connectivity index (χ3v) is 3.07. The third kappa shape index (κ3) is 1.88. The summed E-state index contributed by atoms with van der Waals surface area (Å²) in [5, 5.41) is 9.49. The number of aromatic amines is 1. The molecule has 2 unspecified atom stereocenters. The van der Waals surface area contributed by atoms with Gasteiger partial charge in [-0.2, -0.15) is 0 Å². The fraction of sp³-hybridized carbons (Fsp3) is 0.600. The van der Waals surface area contributed by atoms with Crippen LogP contribution in [0.1, 0.15) is 13.3 Å². The van der Waals surface area contributed by atoms with Gasteiger partial charge in [0.2, 0.25) is 0 Å². The summed E-state index contributed by atoms with van der Waals surface area (Å²) in [4.78, 5) is 19.8. The van der Waals surface area contributed by atoms with Crippen LogP contribution >= 0.6 is 0 Å². The van der Waals surface area contributed by atoms with Crippen molar-refractivity contribution in [2.24, 2.45) is 5.92 Å². The Bertz CT molecular complexity index is 429. The summed E-state index contributed by atoms with van der Waals surface area (Å²) < 4.78 is 0. The first kappa shape index (κ1) is 10.9. The highest BCUT2D eigenvalue weighted by atomic mass is 16.3. The number of aromatic nitrogens is 2. The topological polar surface area (TPSA) is 95.2 Å². The Kier molecular flexibility index (Phi) is 2.82. The Morgan fingerprint density at radius 2 is 2.50 bits per heavy atom. The molecule has 6 heteroatoms. The maximum atomic E-state index is 11.3. The lowest BCUT2D eigenvalue weighted by molar-refractivity contribution is 0.136. The molecule has 4 N–H and O–H groups in total. The summed E-state index contributed by atoms with van der Waals surface area (Å²) in [5.74, 6) is 0.743. The summed E-state index contributed by atoms with van der Waals surface area (Å²) in [6, 6.07) is 0. The van der Waals surface area contributed by atoms with Gasteiger partial charge in [0.25, 0.3) is 5.56 Å². The predicted molar refractivity (Wildman–Crippen MR) is 61.3 cm³/mol. The van der Waals surface area contributed by atoms with E-state index in [-0.39, 0.29) is 23.3 Å². The quantitative estimate of drug-likeness (QED) is 0.633. The molecule has 2 heterocycles. The molecule has 2 atom stereocenters. The second-order valence-corrected chi connectivity index (χ2v) is 4.20. The molecule has 1 aromatic rings. The molecule has 6 nitrogen and oxygen atoms in total. The molecule has 0 saturated carbocycles. The second-order valence-electron chi connectivity index (χ2n) is 4.20. The van der Waals surface area contributed by atoms with Crippen molar-refractivity contribution in [2.45, 2.75) is 19.4 Å². The van der Waals surface area contributed by atoms with E-state index in [0.29, 0.717) is 12.4 Å². The van der Waals surface area contributed by atoms with Crippen LogP contribution in [0.15, 0.2) is 11.1 Å². The van der Waals surface area contributed by atoms with Crippen LogP contribution in [-0.4, -0.2) is 34.3 Å². The van der Waals surface area contributed by atoms with Gasteiger partial charge in [-0.1, -0.05) is 0 Å². The first-order valence-electron chi connectivity index (χ1n) is 5.35. The predicted octanol–water partition coefficient (Wildman–Crippen LogP) is -0.441. The normalized spacial score (nSPS) is 22.4. The van der Waals surface area contributed by atoms with Gasteiger partial charge in [0.05, 0.1) is 12.4 Å². The zero-order valence-electron chi connectivity index (χ0n) is 9.18. The van der Waals surface area contributed by atoms with Crippen LogP contribution in [0.3, 0.4) is 0 Å². The monoisotopic (exact) mass is 224 g/mol. The smallest absolute Gasteiger partial charge is 0.276 e. The first-order chi connectivity index (χ1) is 7.59. The maximum absolute atomic E-state index is 11.3. The largest absolute Gasteiger partial charge is 0.393 e. The maximum Gasteiger partial charge on any atom is 0.276 e. The highest BCUT2D eigenvalue weighted by molar-refractivity contribution is 5.61. The van der Waals surface area contributed by atoms with E-state index in [4.69, 9.17) is 5.73 Å². The molecule has 1 aromatic heterocycles. The molecular formula is C10H16N4O2. The average molecular weight is 224 g/mol. The third-order valence-electron chi connectivity index (χ3n) is 3.07. The Balaban J connectivity index is 2.21. The highest BCUT2D eigenvalue weighted by Gasteiger charge is 2.28. The number of aliphatic hydroxyl groups excluding tert-OH is 1. The molecule has 1 aliphatic heterocycles. The lowest BCUT2D eigenvalue weighted by Gasteiger charge is -2.19. The van der Waals surface area contributed by atoms with Crippen LogP contribution in [0.2, 0.25) is 0 Å². The SMILES string of the molecule is CC(O)C1CCN(c2nc[nH]c(=O)c2N)C1. The van der Waals surface area contributed by atoms with Gasteiger partial charge in [-0.15, -0.1) is 0 Å². The number of nitrogen functional groups attached to an aromatic ring is 1. The number of nitrogens with one attached hydrogen (secondary N) is 1. The molecule has 1 aliphatic rings. The Morgan fingerprint density at radius 3 is 3.12 bits per heavy atom. The molecule has 1 saturated heterocycles. The van der Waals surface area contributed by atoms with Crippen molar-refractivity contribution in [3.8, 4) is 0 Å². The van der Waals surface area contributed by atoms with Gasteiger partial charge in [0.1, 0.15) is 5.69 Å². The van der Waals surface area contributed by atoms with E-state index < -0.39 is 0 Å². The minimum atomic E-state index is -0.340. The van der Waals surface area contributed by atoms with Crippen molar-refractivity contribution >= 4 is 11.5 Å². The van der Waals surface area contributed by atoms with E-state index in [1.807, 2.05) is 4.90 Å². The fourth-order valence-corrected chi connectivity index (χ4v) is 2.03. The zero-order chi connectivity index (χ0) is 11.7.